The van der Waals surface area contributed by atoms with Crippen molar-refractivity contribution in [2.45, 2.75) is 6.42 Å². The van der Waals surface area contributed by atoms with Gasteiger partial charge in [0.1, 0.15) is 5.52 Å². The SMILES string of the molecule is CN(C)C(=O)CCNC(=O)C=Cc1nc2ccccc2o1. The lowest BCUT2D eigenvalue weighted by Crippen LogP contribution is -2.29. The highest BCUT2D eigenvalue weighted by Crippen LogP contribution is 2.15. The van der Waals surface area contributed by atoms with Crippen LogP contribution in [0.2, 0.25) is 0 Å². The van der Waals surface area contributed by atoms with Crippen LogP contribution in [-0.2, 0) is 9.59 Å². The monoisotopic (exact) mass is 287 g/mol. The fraction of sp³-hybridized carbons (Fsp3) is 0.267. The average molecular weight is 287 g/mol. The van der Waals surface area contributed by atoms with Gasteiger partial charge in [-0.15, -0.1) is 0 Å². The molecule has 0 bridgehead atoms. The van der Waals surface area contributed by atoms with Gasteiger partial charge in [-0.1, -0.05) is 12.1 Å². The van der Waals surface area contributed by atoms with Gasteiger partial charge in [-0.2, -0.15) is 0 Å². The Bertz CT molecular complexity index is 641. The number of hydrogen-bond donors (Lipinski definition) is 1. The predicted octanol–water partition coefficient (Wildman–Crippen LogP) is 1.44. The Morgan fingerprint density at radius 2 is 2.10 bits per heavy atom. The molecule has 0 radical (unpaired) electrons. The molecule has 1 N–H and O–H groups in total. The van der Waals surface area contributed by atoms with Crippen molar-refractivity contribution in [2.24, 2.45) is 0 Å². The number of rotatable bonds is 5. The van der Waals surface area contributed by atoms with Gasteiger partial charge in [-0.25, -0.2) is 4.98 Å². The lowest BCUT2D eigenvalue weighted by Gasteiger charge is -2.09. The average Bonchev–Trinajstić information content (AvgIpc) is 2.87. The molecule has 2 rings (SSSR count). The van der Waals surface area contributed by atoms with E-state index < -0.39 is 0 Å². The zero-order chi connectivity index (χ0) is 15.2. The molecule has 110 valence electrons. The molecule has 21 heavy (non-hydrogen) atoms. The minimum Gasteiger partial charge on any atom is -0.437 e. The molecule has 6 nitrogen and oxygen atoms in total. The summed E-state index contributed by atoms with van der Waals surface area (Å²) in [5, 5.41) is 2.63. The zero-order valence-corrected chi connectivity index (χ0v) is 12.0. The molecule has 0 spiro atoms. The van der Waals surface area contributed by atoms with Crippen LogP contribution < -0.4 is 5.32 Å². The Balaban J connectivity index is 1.86. The second-order valence-corrected chi connectivity index (χ2v) is 4.68. The fourth-order valence-electron chi connectivity index (χ4n) is 1.68. The van der Waals surface area contributed by atoms with Gasteiger partial charge < -0.3 is 14.6 Å². The number of aromatic nitrogens is 1. The number of carbonyl (C=O) groups is 2. The van der Waals surface area contributed by atoms with Gasteiger partial charge in [0.2, 0.25) is 17.7 Å². The summed E-state index contributed by atoms with van der Waals surface area (Å²) in [6.45, 7) is 0.299. The molecular formula is C15H17N3O3. The number of oxazole rings is 1. The second-order valence-electron chi connectivity index (χ2n) is 4.68. The molecule has 1 heterocycles. The maximum absolute atomic E-state index is 11.6. The Hall–Kier alpha value is -2.63. The highest BCUT2D eigenvalue weighted by atomic mass is 16.3. The van der Waals surface area contributed by atoms with Crippen LogP contribution >= 0.6 is 0 Å². The summed E-state index contributed by atoms with van der Waals surface area (Å²) >= 11 is 0. The third-order valence-corrected chi connectivity index (χ3v) is 2.82. The topological polar surface area (TPSA) is 75.4 Å². The number of hydrogen-bond acceptors (Lipinski definition) is 4. The molecule has 2 aromatic rings. The molecule has 0 aliphatic heterocycles. The van der Waals surface area contributed by atoms with E-state index in [0.717, 1.165) is 5.52 Å². The first-order chi connectivity index (χ1) is 10.1. The van der Waals surface area contributed by atoms with E-state index in [0.29, 0.717) is 18.0 Å². The maximum atomic E-state index is 11.6. The number of fused-ring (bicyclic) bond motifs is 1. The first kappa shape index (κ1) is 14.8. The second kappa shape index (κ2) is 6.69. The Kier molecular flexibility index (Phi) is 4.71. The maximum Gasteiger partial charge on any atom is 0.244 e. The van der Waals surface area contributed by atoms with Crippen LogP contribution in [0.5, 0.6) is 0 Å². The molecule has 0 fully saturated rings. The molecule has 0 saturated carbocycles. The van der Waals surface area contributed by atoms with Crippen molar-refractivity contribution in [3.8, 4) is 0 Å². The van der Waals surface area contributed by atoms with Crippen molar-refractivity contribution in [2.75, 3.05) is 20.6 Å². The number of nitrogens with one attached hydrogen (secondary N) is 1. The molecule has 0 aliphatic carbocycles. The largest absolute Gasteiger partial charge is 0.437 e. The first-order valence-electron chi connectivity index (χ1n) is 6.58. The predicted molar refractivity (Wildman–Crippen MR) is 79.4 cm³/mol. The number of nitrogens with zero attached hydrogens (tertiary/aromatic N) is 2. The summed E-state index contributed by atoms with van der Waals surface area (Å²) in [5.74, 6) is 0.0535. The van der Waals surface area contributed by atoms with Gasteiger partial charge in [0.15, 0.2) is 5.58 Å². The molecule has 0 atom stereocenters. The van der Waals surface area contributed by atoms with Crippen LogP contribution in [0.15, 0.2) is 34.8 Å². The van der Waals surface area contributed by atoms with E-state index in [1.807, 2.05) is 24.3 Å². The van der Waals surface area contributed by atoms with E-state index in [-0.39, 0.29) is 18.2 Å². The van der Waals surface area contributed by atoms with Crippen molar-refractivity contribution in [3.05, 3.63) is 36.2 Å². The van der Waals surface area contributed by atoms with E-state index in [2.05, 4.69) is 10.3 Å². The molecular weight excluding hydrogens is 270 g/mol. The summed E-state index contributed by atoms with van der Waals surface area (Å²) in [6, 6.07) is 7.37. The van der Waals surface area contributed by atoms with Gasteiger partial charge in [-0.3, -0.25) is 9.59 Å². The summed E-state index contributed by atoms with van der Waals surface area (Å²) in [6.07, 6.45) is 3.11. The van der Waals surface area contributed by atoms with Gasteiger partial charge >= 0.3 is 0 Å². The van der Waals surface area contributed by atoms with Crippen LogP contribution in [0.3, 0.4) is 0 Å². The summed E-state index contributed by atoms with van der Waals surface area (Å²) in [5.41, 5.74) is 1.42. The van der Waals surface area contributed by atoms with Crippen molar-refractivity contribution < 1.29 is 14.0 Å². The van der Waals surface area contributed by atoms with Crippen molar-refractivity contribution in [1.29, 1.82) is 0 Å². The van der Waals surface area contributed by atoms with Crippen molar-refractivity contribution in [1.82, 2.24) is 15.2 Å². The van der Waals surface area contributed by atoms with Crippen LogP contribution in [-0.4, -0.2) is 42.3 Å². The zero-order valence-electron chi connectivity index (χ0n) is 12.0. The molecule has 6 heteroatoms. The standard InChI is InChI=1S/C15H17N3O3/c1-18(2)15(20)9-10-16-13(19)7-8-14-17-11-5-3-4-6-12(11)21-14/h3-8H,9-10H2,1-2H3,(H,16,19). The van der Waals surface area contributed by atoms with Gasteiger partial charge in [0.05, 0.1) is 0 Å². The first-order valence-corrected chi connectivity index (χ1v) is 6.58. The summed E-state index contributed by atoms with van der Waals surface area (Å²) in [7, 11) is 3.36. The van der Waals surface area contributed by atoms with E-state index in [1.54, 1.807) is 14.1 Å². The van der Waals surface area contributed by atoms with Crippen LogP contribution in [0.1, 0.15) is 12.3 Å². The highest BCUT2D eigenvalue weighted by Gasteiger charge is 2.05. The van der Waals surface area contributed by atoms with Gasteiger partial charge in [-0.05, 0) is 12.1 Å². The number of para-hydroxylation sites is 2. The van der Waals surface area contributed by atoms with Gasteiger partial charge in [0, 0.05) is 39.2 Å². The molecule has 2 amide bonds. The van der Waals surface area contributed by atoms with Crippen molar-refractivity contribution in [3.63, 3.8) is 0 Å². The van der Waals surface area contributed by atoms with E-state index >= 15 is 0 Å². The van der Waals surface area contributed by atoms with Crippen molar-refractivity contribution >= 4 is 29.0 Å². The molecule has 0 saturated heterocycles. The number of amides is 2. The lowest BCUT2D eigenvalue weighted by molar-refractivity contribution is -0.128. The third kappa shape index (κ3) is 4.17. The Labute approximate surface area is 122 Å². The minimum absolute atomic E-state index is 0.0294. The number of carbonyl (C=O) groups excluding carboxylic acids is 2. The van der Waals surface area contributed by atoms with Crippen LogP contribution in [0.4, 0.5) is 0 Å². The van der Waals surface area contributed by atoms with Gasteiger partial charge in [0.25, 0.3) is 0 Å². The summed E-state index contributed by atoms with van der Waals surface area (Å²) < 4.78 is 5.45. The Morgan fingerprint density at radius 1 is 1.33 bits per heavy atom. The molecule has 1 aromatic heterocycles. The number of benzene rings is 1. The smallest absolute Gasteiger partial charge is 0.244 e. The fourth-order valence-corrected chi connectivity index (χ4v) is 1.68. The minimum atomic E-state index is -0.288. The normalized spacial score (nSPS) is 11.0. The highest BCUT2D eigenvalue weighted by molar-refractivity contribution is 5.91. The lowest BCUT2D eigenvalue weighted by atomic mass is 10.3. The molecule has 1 aromatic carbocycles. The molecule has 0 aliphatic rings. The van der Waals surface area contributed by atoms with Crippen LogP contribution in [0, 0.1) is 0 Å². The quantitative estimate of drug-likeness (QED) is 0.844. The van der Waals surface area contributed by atoms with E-state index in [4.69, 9.17) is 4.42 Å². The Morgan fingerprint density at radius 3 is 2.81 bits per heavy atom. The summed E-state index contributed by atoms with van der Waals surface area (Å²) in [4.78, 5) is 28.6. The third-order valence-electron chi connectivity index (χ3n) is 2.82. The van der Waals surface area contributed by atoms with Crippen LogP contribution in [0.25, 0.3) is 17.2 Å². The van der Waals surface area contributed by atoms with E-state index in [1.165, 1.54) is 17.1 Å². The molecule has 0 unspecified atom stereocenters. The van der Waals surface area contributed by atoms with E-state index in [9.17, 15) is 9.59 Å².